The maximum Gasteiger partial charge on any atom is 0.185 e. The molecule has 0 saturated carbocycles. The zero-order chi connectivity index (χ0) is 18.5. The first-order chi connectivity index (χ1) is 12.5. The lowest BCUT2D eigenvalue weighted by atomic mass is 10.1. The van der Waals surface area contributed by atoms with Crippen molar-refractivity contribution in [3.05, 3.63) is 70.0 Å². The van der Waals surface area contributed by atoms with Crippen LogP contribution in [0.2, 0.25) is 0 Å². The predicted molar refractivity (Wildman–Crippen MR) is 112 cm³/mol. The maximum atomic E-state index is 13.7. The summed E-state index contributed by atoms with van der Waals surface area (Å²) < 4.78 is 14.5. The van der Waals surface area contributed by atoms with E-state index in [2.05, 4.69) is 33.2 Å². The minimum absolute atomic E-state index is 0.172. The third kappa shape index (κ3) is 4.83. The van der Waals surface area contributed by atoms with Crippen molar-refractivity contribution in [1.82, 2.24) is 0 Å². The Morgan fingerprint density at radius 3 is 2.81 bits per heavy atom. The summed E-state index contributed by atoms with van der Waals surface area (Å²) in [6.07, 6.45) is 3.97. The third-order valence-corrected chi connectivity index (χ3v) is 5.73. The molecule has 26 heavy (non-hydrogen) atoms. The van der Waals surface area contributed by atoms with E-state index < -0.39 is 0 Å². The van der Waals surface area contributed by atoms with Gasteiger partial charge in [0.15, 0.2) is 11.0 Å². The Labute approximate surface area is 164 Å². The van der Waals surface area contributed by atoms with Crippen LogP contribution in [0, 0.1) is 5.82 Å². The molecule has 2 aromatic rings. The molecule has 0 fully saturated rings. The molecule has 0 bridgehead atoms. The molecule has 0 aliphatic carbocycles. The van der Waals surface area contributed by atoms with Crippen molar-refractivity contribution in [2.45, 2.75) is 18.6 Å². The third-order valence-electron chi connectivity index (χ3n) is 3.97. The van der Waals surface area contributed by atoms with Crippen LogP contribution >= 0.6 is 27.7 Å². The number of aliphatic imine (C=N–C) groups is 1. The summed E-state index contributed by atoms with van der Waals surface area (Å²) in [7, 11) is 0. The molecule has 6 heteroatoms. The van der Waals surface area contributed by atoms with Gasteiger partial charge in [0.1, 0.15) is 5.82 Å². The highest BCUT2D eigenvalue weighted by Gasteiger charge is 2.17. The Bertz CT molecular complexity index is 865. The molecule has 134 valence electrons. The van der Waals surface area contributed by atoms with Gasteiger partial charge in [0.2, 0.25) is 0 Å². The quantitative estimate of drug-likeness (QED) is 0.480. The summed E-state index contributed by atoms with van der Waals surface area (Å²) in [6, 6.07) is 11.8. The minimum Gasteiger partial charge on any atom is -0.335 e. The molecule has 1 unspecified atom stereocenters. The van der Waals surface area contributed by atoms with Crippen LogP contribution in [-0.2, 0) is 0 Å². The first-order valence-electron chi connectivity index (χ1n) is 8.31. The van der Waals surface area contributed by atoms with Crippen LogP contribution in [0.15, 0.2) is 58.0 Å². The number of carbonyl (C=O) groups excluding carboxylic acids is 1. The van der Waals surface area contributed by atoms with Gasteiger partial charge in [-0.3, -0.25) is 9.79 Å². The topological polar surface area (TPSA) is 41.5 Å². The lowest BCUT2D eigenvalue weighted by Gasteiger charge is -2.07. The summed E-state index contributed by atoms with van der Waals surface area (Å²) in [5.74, 6) is -0.536. The first-order valence-corrected chi connectivity index (χ1v) is 9.98. The van der Waals surface area contributed by atoms with E-state index in [9.17, 15) is 9.18 Å². The number of nitrogens with zero attached hydrogens (tertiary/aromatic N) is 1. The van der Waals surface area contributed by atoms with Gasteiger partial charge in [0.25, 0.3) is 0 Å². The monoisotopic (exact) mass is 432 g/mol. The van der Waals surface area contributed by atoms with E-state index in [1.54, 1.807) is 36.0 Å². The second-order valence-corrected chi connectivity index (χ2v) is 8.06. The van der Waals surface area contributed by atoms with Crippen LogP contribution in [0.1, 0.15) is 29.3 Å². The normalized spacial score (nSPS) is 16.7. The standard InChI is InChI=1S/C20H18BrFN2OS/c1-2-17-12-23-20(26-17)24-16-7-3-13(4-8-16)19(25)10-5-14-11-15(21)6-9-18(14)22/h3-11,17H,2,12H2,1H3,(H,23,24)/b10-5+. The lowest BCUT2D eigenvalue weighted by molar-refractivity contribution is 0.104. The molecule has 0 aromatic heterocycles. The minimum atomic E-state index is -0.364. The van der Waals surface area contributed by atoms with Gasteiger partial charge >= 0.3 is 0 Å². The number of thioether (sulfide) groups is 1. The molecule has 1 atom stereocenters. The average molecular weight is 433 g/mol. The maximum absolute atomic E-state index is 13.7. The molecule has 3 rings (SSSR count). The zero-order valence-electron chi connectivity index (χ0n) is 14.2. The van der Waals surface area contributed by atoms with E-state index in [0.717, 1.165) is 28.3 Å². The second kappa shape index (κ2) is 8.64. The molecular weight excluding hydrogens is 415 g/mol. The number of halogens is 2. The highest BCUT2D eigenvalue weighted by atomic mass is 79.9. The molecule has 0 spiro atoms. The average Bonchev–Trinajstić information content (AvgIpc) is 3.10. The Morgan fingerprint density at radius 2 is 2.12 bits per heavy atom. The van der Waals surface area contributed by atoms with Gasteiger partial charge < -0.3 is 5.32 Å². The van der Waals surface area contributed by atoms with Gasteiger partial charge in [-0.2, -0.15) is 0 Å². The van der Waals surface area contributed by atoms with Crippen molar-refractivity contribution >= 4 is 50.4 Å². The molecule has 1 heterocycles. The van der Waals surface area contributed by atoms with Crippen LogP contribution in [0.25, 0.3) is 6.08 Å². The van der Waals surface area contributed by atoms with E-state index >= 15 is 0 Å². The Kier molecular flexibility index (Phi) is 6.27. The van der Waals surface area contributed by atoms with Crippen LogP contribution in [-0.4, -0.2) is 22.7 Å². The van der Waals surface area contributed by atoms with Gasteiger partial charge in [0.05, 0.1) is 6.54 Å². The molecule has 0 amide bonds. The van der Waals surface area contributed by atoms with Gasteiger partial charge in [0, 0.05) is 26.5 Å². The number of ketones is 1. The van der Waals surface area contributed by atoms with Gasteiger partial charge in [-0.25, -0.2) is 4.39 Å². The number of rotatable bonds is 5. The van der Waals surface area contributed by atoms with E-state index in [1.807, 2.05) is 12.1 Å². The Balaban J connectivity index is 1.64. The molecular formula is C20H18BrFN2OS. The number of anilines is 1. The van der Waals surface area contributed by atoms with Crippen molar-refractivity contribution in [2.75, 3.05) is 11.9 Å². The number of benzene rings is 2. The van der Waals surface area contributed by atoms with Crippen LogP contribution in [0.5, 0.6) is 0 Å². The molecule has 1 aliphatic heterocycles. The SMILES string of the molecule is CCC1CN=C(Nc2ccc(C(=O)/C=C/c3cc(Br)ccc3F)cc2)S1. The van der Waals surface area contributed by atoms with E-state index in [1.165, 1.54) is 18.2 Å². The second-order valence-electron chi connectivity index (χ2n) is 5.86. The smallest absolute Gasteiger partial charge is 0.185 e. The number of amidine groups is 1. The number of hydrogen-bond donors (Lipinski definition) is 1. The Morgan fingerprint density at radius 1 is 1.35 bits per heavy atom. The van der Waals surface area contributed by atoms with E-state index in [-0.39, 0.29) is 11.6 Å². The highest BCUT2D eigenvalue weighted by Crippen LogP contribution is 2.25. The van der Waals surface area contributed by atoms with Crippen molar-refractivity contribution in [3.63, 3.8) is 0 Å². The van der Waals surface area contributed by atoms with Crippen LogP contribution < -0.4 is 5.32 Å². The molecule has 1 aliphatic rings. The van der Waals surface area contributed by atoms with Crippen molar-refractivity contribution < 1.29 is 9.18 Å². The van der Waals surface area contributed by atoms with Gasteiger partial charge in [-0.05, 0) is 61.0 Å². The van der Waals surface area contributed by atoms with Gasteiger partial charge in [-0.15, -0.1) is 0 Å². The molecule has 3 nitrogen and oxygen atoms in total. The number of allylic oxidation sites excluding steroid dienone is 1. The zero-order valence-corrected chi connectivity index (χ0v) is 16.6. The first kappa shape index (κ1) is 18.9. The van der Waals surface area contributed by atoms with Crippen LogP contribution in [0.4, 0.5) is 10.1 Å². The van der Waals surface area contributed by atoms with Crippen molar-refractivity contribution in [3.8, 4) is 0 Å². The molecule has 0 saturated heterocycles. The fourth-order valence-corrected chi connectivity index (χ4v) is 3.78. The molecule has 0 radical (unpaired) electrons. The van der Waals surface area contributed by atoms with E-state index in [0.29, 0.717) is 16.4 Å². The fraction of sp³-hybridized carbons (Fsp3) is 0.200. The number of carbonyl (C=O) groups is 1. The summed E-state index contributed by atoms with van der Waals surface area (Å²) in [4.78, 5) is 16.8. The van der Waals surface area contributed by atoms with Crippen molar-refractivity contribution in [2.24, 2.45) is 4.99 Å². The Hall–Kier alpha value is -1.92. The predicted octanol–water partition coefficient (Wildman–Crippen LogP) is 5.78. The molecule has 2 aromatic carbocycles. The molecule has 1 N–H and O–H groups in total. The van der Waals surface area contributed by atoms with Crippen molar-refractivity contribution in [1.29, 1.82) is 0 Å². The largest absolute Gasteiger partial charge is 0.335 e. The van der Waals surface area contributed by atoms with Gasteiger partial charge in [-0.1, -0.05) is 34.6 Å². The lowest BCUT2D eigenvalue weighted by Crippen LogP contribution is -2.07. The fourth-order valence-electron chi connectivity index (χ4n) is 2.44. The van der Waals surface area contributed by atoms with Crippen LogP contribution in [0.3, 0.4) is 0 Å². The van der Waals surface area contributed by atoms with E-state index in [4.69, 9.17) is 0 Å². The number of nitrogens with one attached hydrogen (secondary N) is 1. The summed E-state index contributed by atoms with van der Waals surface area (Å²) in [6.45, 7) is 3.00. The summed E-state index contributed by atoms with van der Waals surface area (Å²) >= 11 is 5.04. The number of hydrogen-bond acceptors (Lipinski definition) is 4. The highest BCUT2D eigenvalue weighted by molar-refractivity contribution is 9.10. The summed E-state index contributed by atoms with van der Waals surface area (Å²) in [5, 5.41) is 4.73. The summed E-state index contributed by atoms with van der Waals surface area (Å²) in [5.41, 5.74) is 1.81.